The van der Waals surface area contributed by atoms with Gasteiger partial charge in [0.2, 0.25) is 0 Å². The molecule has 0 aliphatic heterocycles. The number of likely N-dealkylation sites (N-methyl/N-ethyl adjacent to an activating group) is 1. The Kier molecular flexibility index (Phi) is 3.72. The number of quaternary nitrogens is 1. The summed E-state index contributed by atoms with van der Waals surface area (Å²) in [5.74, 6) is 0. The maximum atomic E-state index is 2.39. The second-order valence-corrected chi connectivity index (χ2v) is 5.61. The van der Waals surface area contributed by atoms with E-state index in [0.29, 0.717) is 6.04 Å². The van der Waals surface area contributed by atoms with Gasteiger partial charge in [0.15, 0.2) is 0 Å². The minimum Gasteiger partial charge on any atom is -0.260 e. The Morgan fingerprint density at radius 2 is 1.72 bits per heavy atom. The van der Waals surface area contributed by atoms with E-state index in [1.807, 2.05) is 0 Å². The molecular formula is C17H24N+. The van der Waals surface area contributed by atoms with Crippen molar-refractivity contribution in [2.45, 2.75) is 39.7 Å². The predicted molar refractivity (Wildman–Crippen MR) is 80.5 cm³/mol. The maximum Gasteiger partial charge on any atom is 0.137 e. The van der Waals surface area contributed by atoms with Gasteiger partial charge < -0.3 is 0 Å². The van der Waals surface area contributed by atoms with E-state index in [-0.39, 0.29) is 0 Å². The lowest BCUT2D eigenvalue weighted by Gasteiger charge is -2.39. The number of aryl methyl sites for hydroxylation is 1. The van der Waals surface area contributed by atoms with Crippen LogP contribution in [0.25, 0.3) is 0 Å². The zero-order chi connectivity index (χ0) is 13.2. The number of rotatable bonds is 3. The van der Waals surface area contributed by atoms with E-state index in [0.717, 1.165) is 10.9 Å². The molecule has 1 unspecified atom stereocenters. The first-order chi connectivity index (χ1) is 8.55. The molecule has 0 aromatic heterocycles. The quantitative estimate of drug-likeness (QED) is 0.681. The number of hydrogen-bond donors (Lipinski definition) is 0. The van der Waals surface area contributed by atoms with Crippen LogP contribution in [0.1, 0.15) is 32.3 Å². The molecule has 0 radical (unpaired) electrons. The van der Waals surface area contributed by atoms with Gasteiger partial charge in [-0.3, -0.25) is 4.48 Å². The molecule has 18 heavy (non-hydrogen) atoms. The van der Waals surface area contributed by atoms with Crippen molar-refractivity contribution < 1.29 is 0 Å². The van der Waals surface area contributed by atoms with Crippen molar-refractivity contribution >= 4 is 5.69 Å². The van der Waals surface area contributed by atoms with Crippen molar-refractivity contribution in [1.29, 1.82) is 0 Å². The van der Waals surface area contributed by atoms with E-state index in [1.165, 1.54) is 23.4 Å². The van der Waals surface area contributed by atoms with Gasteiger partial charge in [0.05, 0.1) is 13.1 Å². The highest BCUT2D eigenvalue weighted by atomic mass is 15.4. The molecule has 2 rings (SSSR count). The first-order valence-corrected chi connectivity index (χ1v) is 6.86. The molecular weight excluding hydrogens is 218 g/mol. The Balaban J connectivity index is 2.47. The number of benzene rings is 1. The third kappa shape index (κ3) is 2.28. The molecule has 96 valence electrons. The minimum absolute atomic E-state index is 0.529. The van der Waals surface area contributed by atoms with Crippen molar-refractivity contribution in [2.75, 3.05) is 7.05 Å². The van der Waals surface area contributed by atoms with Gasteiger partial charge in [0.25, 0.3) is 0 Å². The number of hydrogen-bond acceptors (Lipinski definition) is 0. The molecule has 1 aliphatic carbocycles. The smallest absolute Gasteiger partial charge is 0.137 e. The van der Waals surface area contributed by atoms with Gasteiger partial charge in [-0.2, -0.15) is 0 Å². The lowest BCUT2D eigenvalue weighted by molar-refractivity contribution is 0.345. The summed E-state index contributed by atoms with van der Waals surface area (Å²) in [6.45, 7) is 6.73. The van der Waals surface area contributed by atoms with Crippen molar-refractivity contribution in [3.63, 3.8) is 0 Å². The summed E-state index contributed by atoms with van der Waals surface area (Å²) < 4.78 is 0.886. The molecule has 1 aliphatic rings. The molecule has 0 saturated heterocycles. The maximum absolute atomic E-state index is 2.39. The van der Waals surface area contributed by atoms with Crippen molar-refractivity contribution in [2.24, 2.45) is 0 Å². The third-order valence-corrected chi connectivity index (χ3v) is 4.11. The topological polar surface area (TPSA) is 0 Å². The van der Waals surface area contributed by atoms with Crippen LogP contribution < -0.4 is 4.48 Å². The summed E-state index contributed by atoms with van der Waals surface area (Å²) in [7, 11) is 2.32. The van der Waals surface area contributed by atoms with E-state index < -0.39 is 0 Å². The van der Waals surface area contributed by atoms with E-state index in [2.05, 4.69) is 70.3 Å². The molecule has 0 saturated carbocycles. The van der Waals surface area contributed by atoms with Crippen LogP contribution in [0.5, 0.6) is 0 Å². The molecule has 1 aromatic carbocycles. The average Bonchev–Trinajstić information content (AvgIpc) is 2.39. The van der Waals surface area contributed by atoms with E-state index in [9.17, 15) is 0 Å². The standard InChI is InChI=1S/C17H24N/c1-14(2)18(4,16-8-6-5-7-9-16)17-12-10-15(3)11-13-17/h6,8-14H,5,7H2,1-4H3/q+1. The van der Waals surface area contributed by atoms with Crippen LogP contribution in [-0.2, 0) is 0 Å². The highest BCUT2D eigenvalue weighted by molar-refractivity contribution is 5.51. The molecule has 0 bridgehead atoms. The fourth-order valence-electron chi connectivity index (χ4n) is 2.54. The molecule has 0 N–H and O–H groups in total. The Labute approximate surface area is 111 Å². The zero-order valence-corrected chi connectivity index (χ0v) is 12.0. The fraction of sp³-hybridized carbons (Fsp3) is 0.412. The van der Waals surface area contributed by atoms with Gasteiger partial charge >= 0.3 is 0 Å². The van der Waals surface area contributed by atoms with Crippen LogP contribution in [0.3, 0.4) is 0 Å². The lowest BCUT2D eigenvalue weighted by atomic mass is 10.0. The molecule has 1 atom stereocenters. The molecule has 0 spiro atoms. The third-order valence-electron chi connectivity index (χ3n) is 4.11. The Morgan fingerprint density at radius 1 is 1.06 bits per heavy atom. The second kappa shape index (κ2) is 5.11. The van der Waals surface area contributed by atoms with Crippen LogP contribution in [0.15, 0.2) is 48.2 Å². The monoisotopic (exact) mass is 242 g/mol. The molecule has 1 aromatic rings. The van der Waals surface area contributed by atoms with Crippen LogP contribution in [0, 0.1) is 6.92 Å². The Bertz CT molecular complexity index is 465. The predicted octanol–water partition coefficient (Wildman–Crippen LogP) is 4.57. The fourth-order valence-corrected chi connectivity index (χ4v) is 2.54. The summed E-state index contributed by atoms with van der Waals surface area (Å²) in [5, 5.41) is 0. The molecule has 1 heteroatoms. The minimum atomic E-state index is 0.529. The Hall–Kier alpha value is -1.34. The second-order valence-electron chi connectivity index (χ2n) is 5.61. The molecule has 0 amide bonds. The summed E-state index contributed by atoms with van der Waals surface area (Å²) >= 11 is 0. The van der Waals surface area contributed by atoms with Crippen LogP contribution in [-0.4, -0.2) is 13.1 Å². The first kappa shape index (κ1) is 13.1. The lowest BCUT2D eigenvalue weighted by Crippen LogP contribution is -2.49. The Morgan fingerprint density at radius 3 is 2.22 bits per heavy atom. The summed E-state index contributed by atoms with van der Waals surface area (Å²) in [5.41, 5.74) is 4.11. The first-order valence-electron chi connectivity index (χ1n) is 6.86. The van der Waals surface area contributed by atoms with Gasteiger partial charge in [-0.05, 0) is 57.9 Å². The highest BCUT2D eigenvalue weighted by Gasteiger charge is 2.32. The van der Waals surface area contributed by atoms with Crippen molar-refractivity contribution in [3.05, 3.63) is 53.8 Å². The van der Waals surface area contributed by atoms with Crippen LogP contribution >= 0.6 is 0 Å². The normalized spacial score (nSPS) is 18.6. The van der Waals surface area contributed by atoms with Gasteiger partial charge in [-0.15, -0.1) is 0 Å². The largest absolute Gasteiger partial charge is 0.260 e. The molecule has 0 fully saturated rings. The summed E-state index contributed by atoms with van der Waals surface area (Å²) in [6.07, 6.45) is 9.32. The summed E-state index contributed by atoms with van der Waals surface area (Å²) in [4.78, 5) is 0. The van der Waals surface area contributed by atoms with E-state index >= 15 is 0 Å². The zero-order valence-electron chi connectivity index (χ0n) is 12.0. The van der Waals surface area contributed by atoms with Crippen molar-refractivity contribution in [1.82, 2.24) is 4.48 Å². The SMILES string of the molecule is Cc1ccc([N+](C)(C2=CCCC=C2)C(C)C)cc1. The van der Waals surface area contributed by atoms with Crippen LogP contribution in [0.4, 0.5) is 5.69 Å². The van der Waals surface area contributed by atoms with Gasteiger partial charge in [-0.1, -0.05) is 23.8 Å². The average molecular weight is 242 g/mol. The van der Waals surface area contributed by atoms with E-state index in [4.69, 9.17) is 0 Å². The number of nitrogens with zero attached hydrogens (tertiary/aromatic N) is 1. The van der Waals surface area contributed by atoms with Crippen LogP contribution in [0.2, 0.25) is 0 Å². The van der Waals surface area contributed by atoms with Gasteiger partial charge in [0, 0.05) is 0 Å². The highest BCUT2D eigenvalue weighted by Crippen LogP contribution is 2.32. The number of allylic oxidation sites excluding steroid dienone is 3. The van der Waals surface area contributed by atoms with Gasteiger partial charge in [-0.25, -0.2) is 0 Å². The van der Waals surface area contributed by atoms with Gasteiger partial charge in [0.1, 0.15) is 11.4 Å². The van der Waals surface area contributed by atoms with Crippen molar-refractivity contribution in [3.8, 4) is 0 Å². The molecule has 0 heterocycles. The molecule has 1 nitrogen and oxygen atoms in total. The summed E-state index contributed by atoms with van der Waals surface area (Å²) in [6, 6.07) is 9.47. The van der Waals surface area contributed by atoms with E-state index in [1.54, 1.807) is 0 Å².